The van der Waals surface area contributed by atoms with Gasteiger partial charge in [-0.05, 0) is 19.8 Å². The van der Waals surface area contributed by atoms with Crippen molar-refractivity contribution in [2.24, 2.45) is 10.6 Å². The second-order valence-corrected chi connectivity index (χ2v) is 9.10. The van der Waals surface area contributed by atoms with E-state index in [2.05, 4.69) is 15.0 Å². The van der Waals surface area contributed by atoms with E-state index in [1.807, 2.05) is 6.92 Å². The molecule has 2 fully saturated rings. The van der Waals surface area contributed by atoms with Gasteiger partial charge in [0.25, 0.3) is 16.1 Å². The molecule has 2 N–H and O–H groups in total. The zero-order valence-electron chi connectivity index (χ0n) is 15.8. The summed E-state index contributed by atoms with van der Waals surface area (Å²) < 4.78 is 36.9. The predicted molar refractivity (Wildman–Crippen MR) is 99.4 cm³/mol. The van der Waals surface area contributed by atoms with Crippen molar-refractivity contribution in [3.8, 4) is 11.6 Å². The summed E-state index contributed by atoms with van der Waals surface area (Å²) >= 11 is 0. The Morgan fingerprint density at radius 2 is 1.96 bits per heavy atom. The van der Waals surface area contributed by atoms with Gasteiger partial charge in [-0.15, -0.1) is 0 Å². The quantitative estimate of drug-likeness (QED) is 0.765. The molecule has 0 unspecified atom stereocenters. The van der Waals surface area contributed by atoms with Crippen LogP contribution in [0.25, 0.3) is 5.52 Å². The third-order valence-corrected chi connectivity index (χ3v) is 6.96. The number of aryl methyl sites for hydroxylation is 1. The summed E-state index contributed by atoms with van der Waals surface area (Å²) in [5.41, 5.74) is 1.91. The number of nitrogens with zero attached hydrogens (tertiary/aromatic N) is 5. The molecule has 2 aromatic rings. The number of fused-ring (bicyclic) bond motifs is 1. The molecule has 3 heterocycles. The molecule has 0 radical (unpaired) electrons. The fraction of sp³-hybridized carbons (Fsp3) is 0.625. The Bertz CT molecular complexity index is 990. The molecule has 11 heteroatoms. The highest BCUT2D eigenvalue weighted by Gasteiger charge is 2.55. The van der Waals surface area contributed by atoms with Gasteiger partial charge in [-0.1, -0.05) is 0 Å². The van der Waals surface area contributed by atoms with E-state index >= 15 is 0 Å². The molecular formula is C16H24N6O4S. The lowest BCUT2D eigenvalue weighted by Gasteiger charge is -2.60. The Hall–Kier alpha value is -2.11. The molecular weight excluding hydrogens is 372 g/mol. The van der Waals surface area contributed by atoms with Gasteiger partial charge in [-0.3, -0.25) is 0 Å². The second-order valence-electron chi connectivity index (χ2n) is 7.49. The maximum atomic E-state index is 11.5. The van der Waals surface area contributed by atoms with Crippen molar-refractivity contribution in [3.05, 3.63) is 11.9 Å². The van der Waals surface area contributed by atoms with E-state index in [1.165, 1.54) is 10.6 Å². The van der Waals surface area contributed by atoms with Crippen LogP contribution in [-0.2, 0) is 10.2 Å². The minimum absolute atomic E-state index is 0.0252. The van der Waals surface area contributed by atoms with Crippen LogP contribution >= 0.6 is 0 Å². The average Bonchev–Trinajstić information content (AvgIpc) is 2.83. The SMILES string of the molecule is COc1c(C)c2c(N3CC4(CC(N(C)S(N)(=O)=O)C4)C3)ncnn2c1OC. The lowest BCUT2D eigenvalue weighted by Crippen LogP contribution is -2.67. The minimum Gasteiger partial charge on any atom is -0.491 e. The van der Waals surface area contributed by atoms with Crippen molar-refractivity contribution in [1.82, 2.24) is 18.9 Å². The van der Waals surface area contributed by atoms with Crippen molar-refractivity contribution < 1.29 is 17.9 Å². The maximum absolute atomic E-state index is 11.5. The van der Waals surface area contributed by atoms with E-state index in [-0.39, 0.29) is 11.5 Å². The van der Waals surface area contributed by atoms with Gasteiger partial charge in [0, 0.05) is 37.2 Å². The zero-order valence-corrected chi connectivity index (χ0v) is 16.7. The molecule has 0 aromatic carbocycles. The molecule has 1 aliphatic heterocycles. The largest absolute Gasteiger partial charge is 0.491 e. The summed E-state index contributed by atoms with van der Waals surface area (Å²) in [6.07, 6.45) is 3.13. The van der Waals surface area contributed by atoms with E-state index in [4.69, 9.17) is 14.6 Å². The van der Waals surface area contributed by atoms with Gasteiger partial charge < -0.3 is 14.4 Å². The van der Waals surface area contributed by atoms with E-state index in [1.54, 1.807) is 25.8 Å². The van der Waals surface area contributed by atoms with Crippen LogP contribution < -0.4 is 19.5 Å². The maximum Gasteiger partial charge on any atom is 0.276 e. The molecule has 0 atom stereocenters. The van der Waals surface area contributed by atoms with Crippen molar-refractivity contribution in [1.29, 1.82) is 0 Å². The van der Waals surface area contributed by atoms with Crippen molar-refractivity contribution in [2.45, 2.75) is 25.8 Å². The van der Waals surface area contributed by atoms with Gasteiger partial charge in [0.15, 0.2) is 11.6 Å². The standard InChI is InChI=1S/C16H24N6O4S/c1-10-12-14(18-9-19-22(12)15(26-4)13(10)25-3)21-7-16(8-21)5-11(6-16)20(2)27(17,23)24/h9,11H,5-8H2,1-4H3,(H2,17,23,24). The predicted octanol–water partition coefficient (Wildman–Crippen LogP) is 0.159. The Morgan fingerprint density at radius 1 is 1.30 bits per heavy atom. The molecule has 1 saturated carbocycles. The summed E-state index contributed by atoms with van der Waals surface area (Å²) in [6.45, 7) is 3.60. The highest BCUT2D eigenvalue weighted by Crippen LogP contribution is 2.52. The molecule has 0 bridgehead atoms. The summed E-state index contributed by atoms with van der Waals surface area (Å²) in [5, 5.41) is 9.52. The van der Waals surface area contributed by atoms with Crippen LogP contribution in [0.5, 0.6) is 11.6 Å². The topological polar surface area (TPSA) is 115 Å². The van der Waals surface area contributed by atoms with E-state index in [0.717, 1.165) is 42.8 Å². The summed E-state index contributed by atoms with van der Waals surface area (Å²) in [5.74, 6) is 2.02. The monoisotopic (exact) mass is 396 g/mol. The highest BCUT2D eigenvalue weighted by atomic mass is 32.2. The fourth-order valence-corrected chi connectivity index (χ4v) is 4.98. The molecule has 0 amide bonds. The average molecular weight is 396 g/mol. The Labute approximate surface area is 158 Å². The first-order valence-electron chi connectivity index (χ1n) is 8.66. The van der Waals surface area contributed by atoms with Crippen LogP contribution in [0.2, 0.25) is 0 Å². The van der Waals surface area contributed by atoms with Crippen LogP contribution in [0.1, 0.15) is 18.4 Å². The molecule has 148 valence electrons. The molecule has 1 saturated heterocycles. The van der Waals surface area contributed by atoms with Gasteiger partial charge >= 0.3 is 0 Å². The number of hydrogen-bond acceptors (Lipinski definition) is 7. The van der Waals surface area contributed by atoms with Crippen molar-refractivity contribution in [2.75, 3.05) is 39.3 Å². The molecule has 2 aromatic heterocycles. The van der Waals surface area contributed by atoms with Crippen molar-refractivity contribution >= 4 is 21.5 Å². The van der Waals surface area contributed by atoms with Gasteiger partial charge in [0.05, 0.1) is 14.2 Å². The van der Waals surface area contributed by atoms with Gasteiger partial charge in [0.2, 0.25) is 0 Å². The smallest absolute Gasteiger partial charge is 0.276 e. The number of nitrogens with two attached hydrogens (primary N) is 1. The molecule has 1 aliphatic carbocycles. The number of ether oxygens (including phenoxy) is 2. The van der Waals surface area contributed by atoms with Gasteiger partial charge in [0.1, 0.15) is 11.8 Å². The highest BCUT2D eigenvalue weighted by molar-refractivity contribution is 7.86. The van der Waals surface area contributed by atoms with E-state index in [9.17, 15) is 8.42 Å². The summed E-state index contributed by atoms with van der Waals surface area (Å²) in [7, 11) is 1.09. The van der Waals surface area contributed by atoms with E-state index in [0.29, 0.717) is 11.6 Å². The van der Waals surface area contributed by atoms with Crippen LogP contribution in [0.3, 0.4) is 0 Å². The number of methoxy groups -OCH3 is 2. The van der Waals surface area contributed by atoms with Crippen LogP contribution in [0.15, 0.2) is 6.33 Å². The molecule has 1 spiro atoms. The molecule has 10 nitrogen and oxygen atoms in total. The summed E-state index contributed by atoms with van der Waals surface area (Å²) in [4.78, 5) is 6.68. The molecule has 4 rings (SSSR count). The minimum atomic E-state index is -3.64. The van der Waals surface area contributed by atoms with Crippen molar-refractivity contribution in [3.63, 3.8) is 0 Å². The number of rotatable bonds is 5. The molecule has 27 heavy (non-hydrogen) atoms. The number of hydrogen-bond donors (Lipinski definition) is 1. The number of aromatic nitrogens is 3. The lowest BCUT2D eigenvalue weighted by molar-refractivity contribution is 0.0207. The lowest BCUT2D eigenvalue weighted by atomic mass is 9.60. The Balaban J connectivity index is 1.56. The van der Waals surface area contributed by atoms with Crippen LogP contribution in [0.4, 0.5) is 5.82 Å². The zero-order chi connectivity index (χ0) is 19.6. The Kier molecular flexibility index (Phi) is 4.02. The first kappa shape index (κ1) is 18.3. The third-order valence-electron chi connectivity index (χ3n) is 5.86. The second kappa shape index (κ2) is 5.94. The van der Waals surface area contributed by atoms with Crippen LogP contribution in [0, 0.1) is 12.3 Å². The van der Waals surface area contributed by atoms with Crippen LogP contribution in [-0.4, -0.2) is 67.7 Å². The fourth-order valence-electron chi connectivity index (χ4n) is 4.42. The molecule has 2 aliphatic rings. The summed E-state index contributed by atoms with van der Waals surface area (Å²) in [6, 6.07) is -0.0252. The Morgan fingerprint density at radius 3 is 2.52 bits per heavy atom. The van der Waals surface area contributed by atoms with Gasteiger partial charge in [-0.2, -0.15) is 22.3 Å². The van der Waals surface area contributed by atoms with E-state index < -0.39 is 10.2 Å². The van der Waals surface area contributed by atoms with Gasteiger partial charge in [-0.25, -0.2) is 10.1 Å². The first-order chi connectivity index (χ1) is 12.7. The first-order valence-corrected chi connectivity index (χ1v) is 10.2. The number of anilines is 1. The normalized spacial score (nSPS) is 19.4. The third kappa shape index (κ3) is 2.64.